The first-order chi connectivity index (χ1) is 6.63. The molecule has 0 saturated heterocycles. The lowest BCUT2D eigenvalue weighted by Crippen LogP contribution is -2.25. The monoisotopic (exact) mass is 197 g/mol. The van der Waals surface area contributed by atoms with Crippen LogP contribution in [0, 0.1) is 11.3 Å². The molecule has 1 aromatic carbocycles. The maximum absolute atomic E-state index is 12.4. The highest BCUT2D eigenvalue weighted by Gasteiger charge is 2.12. The molecule has 74 valence electrons. The Morgan fingerprint density at radius 1 is 1.50 bits per heavy atom. The summed E-state index contributed by atoms with van der Waals surface area (Å²) in [5.41, 5.74) is 6.73. The molecule has 0 spiro atoms. The van der Waals surface area contributed by atoms with E-state index in [1.807, 2.05) is 0 Å². The lowest BCUT2D eigenvalue weighted by atomic mass is 10.3. The van der Waals surface area contributed by atoms with Gasteiger partial charge >= 0.3 is 0 Å². The quantitative estimate of drug-likeness (QED) is 0.634. The van der Waals surface area contributed by atoms with E-state index in [1.54, 1.807) is 0 Å². The van der Waals surface area contributed by atoms with Gasteiger partial charge in [0.25, 0.3) is 5.91 Å². The van der Waals surface area contributed by atoms with Gasteiger partial charge in [-0.1, -0.05) is 0 Å². The highest BCUT2D eigenvalue weighted by molar-refractivity contribution is 5.93. The Bertz CT molecular complexity index is 339. The molecule has 5 nitrogen and oxygen atoms in total. The van der Waals surface area contributed by atoms with Gasteiger partial charge in [0.2, 0.25) is 6.23 Å². The zero-order valence-corrected chi connectivity index (χ0v) is 7.07. The van der Waals surface area contributed by atoms with Crippen LogP contribution in [0.3, 0.4) is 0 Å². The Balaban J connectivity index is 2.65. The molecule has 0 aliphatic rings. The van der Waals surface area contributed by atoms with E-state index in [-0.39, 0.29) is 0 Å². The predicted octanol–water partition coefficient (Wildman–Crippen LogP) is 1.11. The van der Waals surface area contributed by atoms with Crippen LogP contribution in [0.2, 0.25) is 0 Å². The number of amides is 1. The van der Waals surface area contributed by atoms with Crippen molar-refractivity contribution in [2.75, 3.05) is 5.32 Å². The van der Waals surface area contributed by atoms with Gasteiger partial charge in [-0.05, 0) is 24.3 Å². The molecule has 0 fully saturated rings. The van der Waals surface area contributed by atoms with Crippen molar-refractivity contribution in [3.05, 3.63) is 30.1 Å². The fourth-order valence-corrected chi connectivity index (χ4v) is 0.799. The summed E-state index contributed by atoms with van der Waals surface area (Å²) in [4.78, 5) is 11.0. The van der Waals surface area contributed by atoms with E-state index in [2.05, 4.69) is 10.4 Å². The molecule has 6 heteroatoms. The third-order valence-corrected chi connectivity index (χ3v) is 1.47. The van der Waals surface area contributed by atoms with E-state index in [0.29, 0.717) is 5.69 Å². The van der Waals surface area contributed by atoms with Crippen molar-refractivity contribution in [3.63, 3.8) is 0 Å². The van der Waals surface area contributed by atoms with Crippen LogP contribution in [0.25, 0.3) is 0 Å². The number of halogens is 1. The van der Waals surface area contributed by atoms with Crippen LogP contribution in [-0.4, -0.2) is 17.2 Å². The lowest BCUT2D eigenvalue weighted by Gasteiger charge is -2.05. The molecule has 0 aliphatic heterocycles. The molecule has 1 unspecified atom stereocenters. The fraction of sp³-hybridized carbons (Fsp3) is 0.125. The van der Waals surface area contributed by atoms with E-state index in [4.69, 9.17) is 10.6 Å². The summed E-state index contributed by atoms with van der Waals surface area (Å²) in [5, 5.41) is 13.7. The maximum atomic E-state index is 12.4. The van der Waals surface area contributed by atoms with Crippen molar-refractivity contribution in [1.29, 1.82) is 5.53 Å². The van der Waals surface area contributed by atoms with Crippen LogP contribution < -0.4 is 5.32 Å². The molecule has 0 heterocycles. The first-order valence-electron chi connectivity index (χ1n) is 3.74. The molecule has 0 radical (unpaired) electrons. The molecular formula is C8H8FN3O2. The number of aliphatic hydroxyl groups excluding tert-OH is 1. The molecule has 0 saturated carbocycles. The highest BCUT2D eigenvalue weighted by atomic mass is 19.1. The minimum atomic E-state index is -1.72. The van der Waals surface area contributed by atoms with Gasteiger partial charge in [0.1, 0.15) is 5.82 Å². The second-order valence-corrected chi connectivity index (χ2v) is 2.50. The molecule has 1 atom stereocenters. The first-order valence-corrected chi connectivity index (χ1v) is 3.74. The van der Waals surface area contributed by atoms with Crippen LogP contribution >= 0.6 is 0 Å². The first kappa shape index (κ1) is 10.3. The molecule has 0 aromatic heterocycles. The molecular weight excluding hydrogens is 189 g/mol. The number of carbonyl (C=O) groups excluding carboxylic acids is 1. The van der Waals surface area contributed by atoms with Gasteiger partial charge in [-0.15, -0.1) is 0 Å². The SMILES string of the molecule is N=NC(O)C(=O)Nc1ccc(F)cc1. The number of rotatable bonds is 3. The largest absolute Gasteiger partial charge is 0.363 e. The topological polar surface area (TPSA) is 85.5 Å². The summed E-state index contributed by atoms with van der Waals surface area (Å²) in [7, 11) is 0. The number of hydrogen-bond donors (Lipinski definition) is 3. The van der Waals surface area contributed by atoms with Crippen LogP contribution in [0.15, 0.2) is 29.4 Å². The van der Waals surface area contributed by atoms with Crippen molar-refractivity contribution in [3.8, 4) is 0 Å². The summed E-state index contributed by atoms with van der Waals surface area (Å²) >= 11 is 0. The minimum absolute atomic E-state index is 0.333. The van der Waals surface area contributed by atoms with Crippen molar-refractivity contribution in [2.24, 2.45) is 5.11 Å². The Morgan fingerprint density at radius 2 is 2.07 bits per heavy atom. The molecule has 3 N–H and O–H groups in total. The fourth-order valence-electron chi connectivity index (χ4n) is 0.799. The lowest BCUT2D eigenvalue weighted by molar-refractivity contribution is -0.123. The molecule has 1 aromatic rings. The van der Waals surface area contributed by atoms with Crippen LogP contribution in [0.5, 0.6) is 0 Å². The molecule has 14 heavy (non-hydrogen) atoms. The maximum Gasteiger partial charge on any atom is 0.278 e. The molecule has 0 aliphatic carbocycles. The van der Waals surface area contributed by atoms with E-state index < -0.39 is 18.0 Å². The number of benzene rings is 1. The second kappa shape index (κ2) is 4.43. The van der Waals surface area contributed by atoms with Gasteiger partial charge < -0.3 is 10.4 Å². The van der Waals surface area contributed by atoms with E-state index >= 15 is 0 Å². The number of aliphatic hydroxyl groups is 1. The van der Waals surface area contributed by atoms with Gasteiger partial charge in [0.05, 0.1) is 0 Å². The standard InChI is InChI=1S/C8H8FN3O2/c9-5-1-3-6(4-2-5)11-7(13)8(14)12-10/h1-4,8,10,14H,(H,11,13). The van der Waals surface area contributed by atoms with Gasteiger partial charge in [0.15, 0.2) is 0 Å². The highest BCUT2D eigenvalue weighted by Crippen LogP contribution is 2.08. The Kier molecular flexibility index (Phi) is 3.24. The van der Waals surface area contributed by atoms with Crippen molar-refractivity contribution in [1.82, 2.24) is 0 Å². The summed E-state index contributed by atoms with van der Waals surface area (Å²) in [6, 6.07) is 5.01. The third-order valence-electron chi connectivity index (χ3n) is 1.47. The zero-order chi connectivity index (χ0) is 10.6. The van der Waals surface area contributed by atoms with Crippen molar-refractivity contribution < 1.29 is 14.3 Å². The van der Waals surface area contributed by atoms with Gasteiger partial charge in [-0.3, -0.25) is 4.79 Å². The van der Waals surface area contributed by atoms with Crippen molar-refractivity contribution >= 4 is 11.6 Å². The van der Waals surface area contributed by atoms with Gasteiger partial charge in [0, 0.05) is 5.69 Å². The molecule has 1 rings (SSSR count). The van der Waals surface area contributed by atoms with Crippen LogP contribution in [0.4, 0.5) is 10.1 Å². The van der Waals surface area contributed by atoms with E-state index in [0.717, 1.165) is 0 Å². The minimum Gasteiger partial charge on any atom is -0.363 e. The van der Waals surface area contributed by atoms with Crippen LogP contribution in [0.1, 0.15) is 0 Å². The smallest absolute Gasteiger partial charge is 0.278 e. The molecule has 1 amide bonds. The predicted molar refractivity (Wildman–Crippen MR) is 46.2 cm³/mol. The van der Waals surface area contributed by atoms with E-state index in [9.17, 15) is 9.18 Å². The average molecular weight is 197 g/mol. The Labute approximate surface area is 79.1 Å². The normalized spacial score (nSPS) is 11.9. The number of anilines is 1. The zero-order valence-electron chi connectivity index (χ0n) is 7.07. The van der Waals surface area contributed by atoms with Gasteiger partial charge in [-0.25, -0.2) is 9.92 Å². The summed E-state index contributed by atoms with van der Waals surface area (Å²) in [5.74, 6) is -1.25. The number of hydrogen-bond acceptors (Lipinski definition) is 4. The molecule has 0 bridgehead atoms. The Morgan fingerprint density at radius 3 is 2.57 bits per heavy atom. The summed E-state index contributed by atoms with van der Waals surface area (Å²) in [6.45, 7) is 0. The van der Waals surface area contributed by atoms with Crippen molar-refractivity contribution in [2.45, 2.75) is 6.23 Å². The summed E-state index contributed by atoms with van der Waals surface area (Å²) in [6.07, 6.45) is -1.72. The van der Waals surface area contributed by atoms with Gasteiger partial charge in [-0.2, -0.15) is 5.11 Å². The van der Waals surface area contributed by atoms with Crippen LogP contribution in [-0.2, 0) is 4.79 Å². The van der Waals surface area contributed by atoms with E-state index in [1.165, 1.54) is 24.3 Å². The second-order valence-electron chi connectivity index (χ2n) is 2.50. The number of nitrogens with zero attached hydrogens (tertiary/aromatic N) is 1. The number of carbonyl (C=O) groups is 1. The Hall–Kier alpha value is -1.82. The average Bonchev–Trinajstić information content (AvgIpc) is 2.20. The third kappa shape index (κ3) is 2.60. The summed E-state index contributed by atoms with van der Waals surface area (Å²) < 4.78 is 12.4. The number of nitrogens with one attached hydrogen (secondary N) is 2.